The van der Waals surface area contributed by atoms with Gasteiger partial charge in [-0.15, -0.1) is 0 Å². The first-order valence-electron chi connectivity index (χ1n) is 10.3. The number of aromatic nitrogens is 2. The highest BCUT2D eigenvalue weighted by molar-refractivity contribution is 5.96. The molecule has 30 heavy (non-hydrogen) atoms. The largest absolute Gasteiger partial charge is 0.350 e. The standard InChI is InChI=1S/C23H25N5O2/c1-2-21(29)25-18-11-9-16(10-12-18)22(30)28-13-5-7-19(15-28)26-23-24-14-17-6-3-4-8-20(17)27-23/h3-4,6,8-12,14,19H,2,5,7,13,15H2,1H3,(H,25,29)(H,24,26,27)/t19-/m1/s1. The van der Waals surface area contributed by atoms with Crippen LogP contribution in [0.5, 0.6) is 0 Å². The molecule has 1 fully saturated rings. The van der Waals surface area contributed by atoms with Crippen molar-refractivity contribution in [3.63, 3.8) is 0 Å². The molecule has 7 heteroatoms. The van der Waals surface area contributed by atoms with Gasteiger partial charge in [-0.2, -0.15) is 0 Å². The van der Waals surface area contributed by atoms with Crippen molar-refractivity contribution in [2.45, 2.75) is 32.2 Å². The van der Waals surface area contributed by atoms with Gasteiger partial charge in [-0.3, -0.25) is 9.59 Å². The van der Waals surface area contributed by atoms with Gasteiger partial charge in [0, 0.05) is 48.4 Å². The number of amides is 2. The lowest BCUT2D eigenvalue weighted by atomic mass is 10.0. The van der Waals surface area contributed by atoms with E-state index in [-0.39, 0.29) is 17.9 Å². The predicted octanol–water partition coefficient (Wildman–Crippen LogP) is 3.70. The summed E-state index contributed by atoms with van der Waals surface area (Å²) in [5, 5.41) is 7.18. The first-order valence-corrected chi connectivity index (χ1v) is 10.3. The van der Waals surface area contributed by atoms with E-state index in [4.69, 9.17) is 0 Å². The molecule has 1 aliphatic heterocycles. The Bertz CT molecular complexity index is 1050. The van der Waals surface area contributed by atoms with Crippen LogP contribution in [0.3, 0.4) is 0 Å². The van der Waals surface area contributed by atoms with Crippen LogP contribution in [0.15, 0.2) is 54.7 Å². The maximum atomic E-state index is 12.9. The SMILES string of the molecule is CCC(=O)Nc1ccc(C(=O)N2CCC[C@@H](Nc3ncc4ccccc4n3)C2)cc1. The van der Waals surface area contributed by atoms with E-state index in [2.05, 4.69) is 20.6 Å². The molecule has 1 atom stereocenters. The molecule has 0 bridgehead atoms. The van der Waals surface area contributed by atoms with Crippen LogP contribution in [0.1, 0.15) is 36.5 Å². The van der Waals surface area contributed by atoms with E-state index in [0.29, 0.717) is 30.2 Å². The second kappa shape index (κ2) is 8.90. The number of fused-ring (bicyclic) bond motifs is 1. The topological polar surface area (TPSA) is 87.2 Å². The minimum atomic E-state index is -0.0464. The number of piperidine rings is 1. The van der Waals surface area contributed by atoms with Gasteiger partial charge in [0.15, 0.2) is 0 Å². The fourth-order valence-electron chi connectivity index (χ4n) is 3.63. The first-order chi connectivity index (χ1) is 14.6. The Morgan fingerprint density at radius 3 is 2.73 bits per heavy atom. The van der Waals surface area contributed by atoms with Gasteiger partial charge in [0.05, 0.1) is 5.52 Å². The van der Waals surface area contributed by atoms with E-state index in [0.717, 1.165) is 30.3 Å². The molecule has 7 nitrogen and oxygen atoms in total. The fourth-order valence-corrected chi connectivity index (χ4v) is 3.63. The predicted molar refractivity (Wildman–Crippen MR) is 117 cm³/mol. The zero-order chi connectivity index (χ0) is 20.9. The van der Waals surface area contributed by atoms with E-state index in [1.54, 1.807) is 31.2 Å². The number of para-hydroxylation sites is 1. The second-order valence-corrected chi connectivity index (χ2v) is 7.47. The third kappa shape index (κ3) is 4.56. The molecule has 2 heterocycles. The van der Waals surface area contributed by atoms with Gasteiger partial charge in [0.2, 0.25) is 11.9 Å². The molecule has 0 unspecified atom stereocenters. The summed E-state index contributed by atoms with van der Waals surface area (Å²) in [6.07, 6.45) is 4.11. The normalized spacial score (nSPS) is 16.3. The quantitative estimate of drug-likeness (QED) is 0.678. The third-order valence-corrected chi connectivity index (χ3v) is 5.27. The smallest absolute Gasteiger partial charge is 0.253 e. The maximum absolute atomic E-state index is 12.9. The molecular formula is C23H25N5O2. The summed E-state index contributed by atoms with van der Waals surface area (Å²) in [7, 11) is 0. The van der Waals surface area contributed by atoms with Gasteiger partial charge < -0.3 is 15.5 Å². The number of benzene rings is 2. The summed E-state index contributed by atoms with van der Waals surface area (Å²) in [5.74, 6) is 0.535. The Kier molecular flexibility index (Phi) is 5.88. The summed E-state index contributed by atoms with van der Waals surface area (Å²) in [6, 6.07) is 15.0. The number of carbonyl (C=O) groups is 2. The van der Waals surface area contributed by atoms with Gasteiger partial charge in [-0.25, -0.2) is 9.97 Å². The van der Waals surface area contributed by atoms with Crippen molar-refractivity contribution in [3.05, 3.63) is 60.3 Å². The van der Waals surface area contributed by atoms with E-state index in [9.17, 15) is 9.59 Å². The molecule has 0 saturated carbocycles. The molecule has 0 radical (unpaired) electrons. The van der Waals surface area contributed by atoms with Crippen molar-refractivity contribution < 1.29 is 9.59 Å². The molecule has 1 aromatic heterocycles. The van der Waals surface area contributed by atoms with Crippen molar-refractivity contribution >= 4 is 34.4 Å². The van der Waals surface area contributed by atoms with E-state index in [1.807, 2.05) is 35.4 Å². The molecule has 4 rings (SSSR count). The minimum Gasteiger partial charge on any atom is -0.350 e. The molecule has 2 aromatic carbocycles. The zero-order valence-corrected chi connectivity index (χ0v) is 17.0. The van der Waals surface area contributed by atoms with Crippen LogP contribution in [-0.2, 0) is 4.79 Å². The molecule has 0 spiro atoms. The molecule has 1 aliphatic rings. The van der Waals surface area contributed by atoms with Crippen LogP contribution in [0, 0.1) is 0 Å². The monoisotopic (exact) mass is 403 g/mol. The minimum absolute atomic E-state index is 0.00528. The van der Waals surface area contributed by atoms with Crippen LogP contribution < -0.4 is 10.6 Å². The number of rotatable bonds is 5. The molecular weight excluding hydrogens is 378 g/mol. The summed E-state index contributed by atoms with van der Waals surface area (Å²) in [4.78, 5) is 35.3. The van der Waals surface area contributed by atoms with Crippen molar-refractivity contribution in [2.75, 3.05) is 23.7 Å². The van der Waals surface area contributed by atoms with Crippen LogP contribution in [0.25, 0.3) is 10.9 Å². The molecule has 2 amide bonds. The summed E-state index contributed by atoms with van der Waals surface area (Å²) < 4.78 is 0. The summed E-state index contributed by atoms with van der Waals surface area (Å²) in [5.41, 5.74) is 2.21. The lowest BCUT2D eigenvalue weighted by Crippen LogP contribution is -2.45. The lowest BCUT2D eigenvalue weighted by Gasteiger charge is -2.33. The number of anilines is 2. The fraction of sp³-hybridized carbons (Fsp3) is 0.304. The highest BCUT2D eigenvalue weighted by atomic mass is 16.2. The van der Waals surface area contributed by atoms with Gasteiger partial charge in [-0.1, -0.05) is 25.1 Å². The van der Waals surface area contributed by atoms with Crippen LogP contribution in [-0.4, -0.2) is 45.8 Å². The highest BCUT2D eigenvalue weighted by Gasteiger charge is 2.25. The maximum Gasteiger partial charge on any atom is 0.253 e. The molecule has 3 aromatic rings. The summed E-state index contributed by atoms with van der Waals surface area (Å²) >= 11 is 0. The number of nitrogens with one attached hydrogen (secondary N) is 2. The van der Waals surface area contributed by atoms with Gasteiger partial charge in [-0.05, 0) is 43.2 Å². The lowest BCUT2D eigenvalue weighted by molar-refractivity contribution is -0.115. The number of hydrogen-bond acceptors (Lipinski definition) is 5. The van der Waals surface area contributed by atoms with Gasteiger partial charge >= 0.3 is 0 Å². The number of nitrogens with zero attached hydrogens (tertiary/aromatic N) is 3. The van der Waals surface area contributed by atoms with Crippen LogP contribution in [0.4, 0.5) is 11.6 Å². The average molecular weight is 403 g/mol. The number of likely N-dealkylation sites (tertiary alicyclic amines) is 1. The Balaban J connectivity index is 1.40. The Hall–Kier alpha value is -3.48. The average Bonchev–Trinajstić information content (AvgIpc) is 2.79. The first kappa shape index (κ1) is 19.8. The Morgan fingerprint density at radius 1 is 1.13 bits per heavy atom. The van der Waals surface area contributed by atoms with Gasteiger partial charge in [0.25, 0.3) is 5.91 Å². The Morgan fingerprint density at radius 2 is 1.93 bits per heavy atom. The van der Waals surface area contributed by atoms with Crippen molar-refractivity contribution in [1.29, 1.82) is 0 Å². The second-order valence-electron chi connectivity index (χ2n) is 7.47. The van der Waals surface area contributed by atoms with Gasteiger partial charge in [0.1, 0.15) is 0 Å². The molecule has 2 N–H and O–H groups in total. The number of hydrogen-bond donors (Lipinski definition) is 2. The highest BCUT2D eigenvalue weighted by Crippen LogP contribution is 2.19. The van der Waals surface area contributed by atoms with Crippen molar-refractivity contribution in [1.82, 2.24) is 14.9 Å². The molecule has 0 aliphatic carbocycles. The Labute approximate surface area is 175 Å². The van der Waals surface area contributed by atoms with Crippen LogP contribution >= 0.6 is 0 Å². The van der Waals surface area contributed by atoms with Crippen molar-refractivity contribution in [2.24, 2.45) is 0 Å². The van der Waals surface area contributed by atoms with E-state index in [1.165, 1.54) is 0 Å². The number of carbonyl (C=O) groups excluding carboxylic acids is 2. The van der Waals surface area contributed by atoms with Crippen molar-refractivity contribution in [3.8, 4) is 0 Å². The zero-order valence-electron chi connectivity index (χ0n) is 17.0. The van der Waals surface area contributed by atoms with Crippen LogP contribution in [0.2, 0.25) is 0 Å². The molecule has 154 valence electrons. The van der Waals surface area contributed by atoms with E-state index < -0.39 is 0 Å². The van der Waals surface area contributed by atoms with E-state index >= 15 is 0 Å². The third-order valence-electron chi connectivity index (χ3n) is 5.27. The summed E-state index contributed by atoms with van der Waals surface area (Å²) in [6.45, 7) is 3.13. The molecule has 1 saturated heterocycles.